The molecule has 0 aromatic carbocycles. The van der Waals surface area contributed by atoms with Crippen LogP contribution in [-0.2, 0) is 0 Å². The summed E-state index contributed by atoms with van der Waals surface area (Å²) in [7, 11) is 0. The topological polar surface area (TPSA) is 20.2 Å². The van der Waals surface area contributed by atoms with Crippen molar-refractivity contribution in [2.24, 2.45) is 5.41 Å². The van der Waals surface area contributed by atoms with Crippen molar-refractivity contribution in [3.8, 4) is 0 Å². The fourth-order valence-corrected chi connectivity index (χ4v) is 1.82. The fraction of sp³-hybridized carbons (Fsp3) is 0.700. The lowest BCUT2D eigenvalue weighted by atomic mass is 9.75. The molecule has 1 saturated carbocycles. The second-order valence-electron chi connectivity index (χ2n) is 3.43. The minimum atomic E-state index is 0.0278. The molecule has 62 valence electrons. The third kappa shape index (κ3) is 1.95. The normalized spacial score (nSPS) is 22.3. The molecule has 1 aliphatic rings. The molecule has 1 rings (SSSR count). The summed E-state index contributed by atoms with van der Waals surface area (Å²) in [6, 6.07) is 0. The summed E-state index contributed by atoms with van der Waals surface area (Å²) in [6.07, 6.45) is 7.94. The highest BCUT2D eigenvalue weighted by molar-refractivity contribution is 4.98. The van der Waals surface area contributed by atoms with Crippen LogP contribution < -0.4 is 0 Å². The standard InChI is InChI=1S/C10H16O/c1-2-6-10(9-11)7-4-3-5-8-10/h6,11H,1,3-5,7-9H2. The molecule has 1 N–H and O–H groups in total. The van der Waals surface area contributed by atoms with E-state index >= 15 is 0 Å². The van der Waals surface area contributed by atoms with Gasteiger partial charge in [-0.15, -0.1) is 5.73 Å². The average Bonchev–Trinajstić information content (AvgIpc) is 2.07. The van der Waals surface area contributed by atoms with Gasteiger partial charge in [-0.2, -0.15) is 0 Å². The van der Waals surface area contributed by atoms with E-state index in [4.69, 9.17) is 0 Å². The van der Waals surface area contributed by atoms with Crippen molar-refractivity contribution in [3.05, 3.63) is 18.4 Å². The Labute approximate surface area is 68.4 Å². The van der Waals surface area contributed by atoms with Crippen molar-refractivity contribution < 1.29 is 5.11 Å². The molecule has 0 heterocycles. The number of aliphatic hydroxyl groups is 1. The molecule has 11 heavy (non-hydrogen) atoms. The van der Waals surface area contributed by atoms with Crippen molar-refractivity contribution in [3.63, 3.8) is 0 Å². The third-order valence-electron chi connectivity index (χ3n) is 2.57. The Balaban J connectivity index is 2.64. The molecule has 1 aliphatic carbocycles. The first-order valence-corrected chi connectivity index (χ1v) is 4.31. The first kappa shape index (κ1) is 8.58. The zero-order valence-electron chi connectivity index (χ0n) is 6.97. The van der Waals surface area contributed by atoms with Crippen molar-refractivity contribution in [1.82, 2.24) is 0 Å². The lowest BCUT2D eigenvalue weighted by Crippen LogP contribution is -2.25. The maximum Gasteiger partial charge on any atom is 0.0528 e. The van der Waals surface area contributed by atoms with Gasteiger partial charge in [-0.25, -0.2) is 0 Å². The van der Waals surface area contributed by atoms with Gasteiger partial charge in [0, 0.05) is 5.41 Å². The quantitative estimate of drug-likeness (QED) is 0.602. The summed E-state index contributed by atoms with van der Waals surface area (Å²) in [6.45, 7) is 3.82. The molecule has 0 saturated heterocycles. The Morgan fingerprint density at radius 1 is 1.36 bits per heavy atom. The van der Waals surface area contributed by atoms with E-state index in [0.29, 0.717) is 0 Å². The highest BCUT2D eigenvalue weighted by Gasteiger charge is 2.28. The van der Waals surface area contributed by atoms with Crippen LogP contribution in [0.15, 0.2) is 18.4 Å². The Kier molecular flexibility index (Phi) is 2.92. The van der Waals surface area contributed by atoms with E-state index in [1.807, 2.05) is 6.08 Å². The highest BCUT2D eigenvalue weighted by Crippen LogP contribution is 2.36. The Hall–Kier alpha value is -0.520. The van der Waals surface area contributed by atoms with Gasteiger partial charge in [0.25, 0.3) is 0 Å². The molecule has 0 amide bonds. The van der Waals surface area contributed by atoms with Crippen LogP contribution in [0.3, 0.4) is 0 Å². The van der Waals surface area contributed by atoms with Crippen LogP contribution in [-0.4, -0.2) is 11.7 Å². The van der Waals surface area contributed by atoms with E-state index in [0.717, 1.165) is 12.8 Å². The van der Waals surface area contributed by atoms with E-state index < -0.39 is 0 Å². The van der Waals surface area contributed by atoms with Gasteiger partial charge in [0.1, 0.15) is 0 Å². The molecule has 1 nitrogen and oxygen atoms in total. The average molecular weight is 152 g/mol. The van der Waals surface area contributed by atoms with E-state index in [9.17, 15) is 5.11 Å². The van der Waals surface area contributed by atoms with Gasteiger partial charge < -0.3 is 5.11 Å². The van der Waals surface area contributed by atoms with Crippen LogP contribution >= 0.6 is 0 Å². The van der Waals surface area contributed by atoms with Crippen molar-refractivity contribution in [2.75, 3.05) is 6.61 Å². The van der Waals surface area contributed by atoms with Crippen LogP contribution in [0.4, 0.5) is 0 Å². The van der Waals surface area contributed by atoms with Crippen molar-refractivity contribution in [1.29, 1.82) is 0 Å². The van der Waals surface area contributed by atoms with Crippen LogP contribution in [0.2, 0.25) is 0 Å². The molecule has 0 unspecified atom stereocenters. The zero-order chi connectivity index (χ0) is 8.16. The van der Waals surface area contributed by atoms with Gasteiger partial charge in [0.15, 0.2) is 0 Å². The summed E-state index contributed by atoms with van der Waals surface area (Å²) in [5.74, 6) is 0. The minimum absolute atomic E-state index is 0.0278. The summed E-state index contributed by atoms with van der Waals surface area (Å²) >= 11 is 0. The monoisotopic (exact) mass is 152 g/mol. The molecular weight excluding hydrogens is 136 g/mol. The molecule has 0 bridgehead atoms. The van der Waals surface area contributed by atoms with Crippen LogP contribution in [0.1, 0.15) is 32.1 Å². The molecule has 0 aromatic heterocycles. The van der Waals surface area contributed by atoms with Crippen molar-refractivity contribution >= 4 is 0 Å². The maximum absolute atomic E-state index is 9.17. The summed E-state index contributed by atoms with van der Waals surface area (Å²) in [5.41, 5.74) is 2.82. The van der Waals surface area contributed by atoms with E-state index in [2.05, 4.69) is 12.3 Å². The molecule has 0 aliphatic heterocycles. The Bertz CT molecular complexity index is 160. The molecule has 0 aromatic rings. The third-order valence-corrected chi connectivity index (χ3v) is 2.57. The van der Waals surface area contributed by atoms with Gasteiger partial charge in [-0.05, 0) is 18.9 Å². The van der Waals surface area contributed by atoms with E-state index in [-0.39, 0.29) is 12.0 Å². The van der Waals surface area contributed by atoms with Crippen molar-refractivity contribution in [2.45, 2.75) is 32.1 Å². The summed E-state index contributed by atoms with van der Waals surface area (Å²) in [5, 5.41) is 9.17. The predicted octanol–water partition coefficient (Wildman–Crippen LogP) is 2.27. The molecule has 1 fully saturated rings. The summed E-state index contributed by atoms with van der Waals surface area (Å²) < 4.78 is 0. The Morgan fingerprint density at radius 2 is 2.00 bits per heavy atom. The maximum atomic E-state index is 9.17. The van der Waals surface area contributed by atoms with Crippen LogP contribution in [0, 0.1) is 5.41 Å². The summed E-state index contributed by atoms with van der Waals surface area (Å²) in [4.78, 5) is 0. The minimum Gasteiger partial charge on any atom is -0.395 e. The SMILES string of the molecule is C=C=CC1(CO)CCCCC1. The molecule has 0 spiro atoms. The largest absolute Gasteiger partial charge is 0.395 e. The number of hydrogen-bond acceptors (Lipinski definition) is 1. The lowest BCUT2D eigenvalue weighted by Gasteiger charge is -2.31. The predicted molar refractivity (Wildman–Crippen MR) is 46.3 cm³/mol. The van der Waals surface area contributed by atoms with Gasteiger partial charge >= 0.3 is 0 Å². The number of aliphatic hydroxyl groups excluding tert-OH is 1. The van der Waals surface area contributed by atoms with Gasteiger partial charge in [-0.3, -0.25) is 0 Å². The number of hydrogen-bond donors (Lipinski definition) is 1. The van der Waals surface area contributed by atoms with Crippen LogP contribution in [0.25, 0.3) is 0 Å². The lowest BCUT2D eigenvalue weighted by molar-refractivity contribution is 0.127. The second kappa shape index (κ2) is 3.75. The van der Waals surface area contributed by atoms with Gasteiger partial charge in [0.2, 0.25) is 0 Å². The first-order valence-electron chi connectivity index (χ1n) is 4.31. The smallest absolute Gasteiger partial charge is 0.0528 e. The highest BCUT2D eigenvalue weighted by atomic mass is 16.3. The Morgan fingerprint density at radius 3 is 2.45 bits per heavy atom. The molecule has 0 atom stereocenters. The van der Waals surface area contributed by atoms with Crippen LogP contribution in [0.5, 0.6) is 0 Å². The van der Waals surface area contributed by atoms with Gasteiger partial charge in [0.05, 0.1) is 6.61 Å². The van der Waals surface area contributed by atoms with E-state index in [1.54, 1.807) is 0 Å². The first-order chi connectivity index (χ1) is 5.33. The fourth-order valence-electron chi connectivity index (χ4n) is 1.82. The zero-order valence-corrected chi connectivity index (χ0v) is 6.97. The van der Waals surface area contributed by atoms with E-state index in [1.165, 1.54) is 19.3 Å². The van der Waals surface area contributed by atoms with Gasteiger partial charge in [-0.1, -0.05) is 25.8 Å². The molecule has 1 heteroatoms. The second-order valence-corrected chi connectivity index (χ2v) is 3.43. The molecule has 0 radical (unpaired) electrons. The molecular formula is C10H16O. The number of rotatable bonds is 2.